The van der Waals surface area contributed by atoms with Crippen molar-refractivity contribution in [1.82, 2.24) is 9.97 Å². The summed E-state index contributed by atoms with van der Waals surface area (Å²) in [6.45, 7) is 0. The highest BCUT2D eigenvalue weighted by molar-refractivity contribution is 5.79. The van der Waals surface area contributed by atoms with Crippen molar-refractivity contribution in [3.05, 3.63) is 30.1 Å². The summed E-state index contributed by atoms with van der Waals surface area (Å²) in [5.41, 5.74) is 16.3. The highest BCUT2D eigenvalue weighted by Gasteiger charge is 2.32. The summed E-state index contributed by atoms with van der Waals surface area (Å²) in [4.78, 5) is 7.16. The van der Waals surface area contributed by atoms with Crippen molar-refractivity contribution in [3.63, 3.8) is 0 Å². The molecule has 6 N–H and O–H groups in total. The highest BCUT2D eigenvalue weighted by atomic mass is 19.4. The fourth-order valence-electron chi connectivity index (χ4n) is 1.49. The molecule has 0 aromatic carbocycles. The van der Waals surface area contributed by atoms with Crippen molar-refractivity contribution in [2.75, 3.05) is 17.2 Å². The van der Waals surface area contributed by atoms with Gasteiger partial charge in [0.05, 0.1) is 17.1 Å². The van der Waals surface area contributed by atoms with Gasteiger partial charge in [-0.1, -0.05) is 0 Å². The van der Waals surface area contributed by atoms with Crippen molar-refractivity contribution in [2.24, 2.45) is 0 Å². The Kier molecular flexibility index (Phi) is 2.93. The number of hydrogen-bond donors (Lipinski definition) is 3. The monoisotopic (exact) mass is 269 g/mol. The van der Waals surface area contributed by atoms with E-state index >= 15 is 0 Å². The normalized spacial score (nSPS) is 11.5. The van der Waals surface area contributed by atoms with Crippen LogP contribution < -0.4 is 17.2 Å². The largest absolute Gasteiger partial charge is 0.433 e. The fourth-order valence-corrected chi connectivity index (χ4v) is 1.49. The first-order valence-electron chi connectivity index (χ1n) is 5.14. The molecule has 0 aliphatic heterocycles. The Labute approximate surface area is 106 Å². The van der Waals surface area contributed by atoms with E-state index in [0.717, 1.165) is 12.3 Å². The molecule has 2 heterocycles. The van der Waals surface area contributed by atoms with Gasteiger partial charge in [0.2, 0.25) is 0 Å². The van der Waals surface area contributed by atoms with Gasteiger partial charge in [-0.25, -0.2) is 4.98 Å². The van der Waals surface area contributed by atoms with E-state index in [1.807, 2.05) is 0 Å². The van der Waals surface area contributed by atoms with Gasteiger partial charge in [0, 0.05) is 11.8 Å². The number of rotatable bonds is 1. The van der Waals surface area contributed by atoms with Gasteiger partial charge >= 0.3 is 6.18 Å². The number of nitrogens with zero attached hydrogens (tertiary/aromatic N) is 2. The zero-order valence-electron chi connectivity index (χ0n) is 9.57. The Balaban J connectivity index is 2.54. The number of pyridine rings is 2. The van der Waals surface area contributed by atoms with E-state index in [1.54, 1.807) is 0 Å². The molecule has 0 aliphatic carbocycles. The average molecular weight is 269 g/mol. The lowest BCUT2D eigenvalue weighted by Gasteiger charge is -2.09. The van der Waals surface area contributed by atoms with E-state index in [9.17, 15) is 13.2 Å². The van der Waals surface area contributed by atoms with Gasteiger partial charge in [-0.15, -0.1) is 0 Å². The minimum absolute atomic E-state index is 0.0274. The Morgan fingerprint density at radius 3 is 2.32 bits per heavy atom. The van der Waals surface area contributed by atoms with E-state index in [0.29, 0.717) is 0 Å². The first kappa shape index (κ1) is 12.9. The Morgan fingerprint density at radius 2 is 1.74 bits per heavy atom. The number of nitrogens with two attached hydrogens (primary N) is 3. The lowest BCUT2D eigenvalue weighted by atomic mass is 10.1. The minimum atomic E-state index is -4.53. The van der Waals surface area contributed by atoms with Crippen LogP contribution in [0.25, 0.3) is 11.3 Å². The second kappa shape index (κ2) is 4.30. The van der Waals surface area contributed by atoms with Crippen LogP contribution in [0.15, 0.2) is 24.4 Å². The molecule has 0 saturated heterocycles. The molecular formula is C11H10F3N5. The number of nitrogen functional groups attached to an aromatic ring is 3. The van der Waals surface area contributed by atoms with Crippen molar-refractivity contribution in [1.29, 1.82) is 0 Å². The number of anilines is 3. The third-order valence-electron chi connectivity index (χ3n) is 2.47. The Hall–Kier alpha value is -2.51. The molecular weight excluding hydrogens is 259 g/mol. The third-order valence-corrected chi connectivity index (χ3v) is 2.47. The summed E-state index contributed by atoms with van der Waals surface area (Å²) in [5.74, 6) is -0.0274. The summed E-state index contributed by atoms with van der Waals surface area (Å²) in [6, 6.07) is 3.62. The quantitative estimate of drug-likeness (QED) is 0.733. The molecule has 0 bridgehead atoms. The van der Waals surface area contributed by atoms with Crippen LogP contribution in [0.2, 0.25) is 0 Å². The summed E-state index contributed by atoms with van der Waals surface area (Å²) in [6.07, 6.45) is -3.48. The van der Waals surface area contributed by atoms with Crippen molar-refractivity contribution in [2.45, 2.75) is 6.18 Å². The van der Waals surface area contributed by atoms with Gasteiger partial charge in [0.1, 0.15) is 11.5 Å². The molecule has 0 radical (unpaired) electrons. The molecule has 0 amide bonds. The van der Waals surface area contributed by atoms with Crippen LogP contribution in [-0.4, -0.2) is 9.97 Å². The summed E-state index contributed by atoms with van der Waals surface area (Å²) < 4.78 is 37.7. The van der Waals surface area contributed by atoms with Crippen LogP contribution in [0.5, 0.6) is 0 Å². The van der Waals surface area contributed by atoms with E-state index in [-0.39, 0.29) is 28.5 Å². The van der Waals surface area contributed by atoms with Crippen LogP contribution in [0.3, 0.4) is 0 Å². The molecule has 0 aliphatic rings. The molecule has 19 heavy (non-hydrogen) atoms. The van der Waals surface area contributed by atoms with Gasteiger partial charge < -0.3 is 17.2 Å². The van der Waals surface area contributed by atoms with E-state index < -0.39 is 11.9 Å². The average Bonchev–Trinajstić information content (AvgIpc) is 2.34. The summed E-state index contributed by atoms with van der Waals surface area (Å²) in [7, 11) is 0. The molecule has 0 spiro atoms. The second-order valence-electron chi connectivity index (χ2n) is 3.82. The minimum Gasteiger partial charge on any atom is -0.397 e. The molecule has 2 aromatic heterocycles. The highest BCUT2D eigenvalue weighted by Crippen LogP contribution is 2.32. The number of aromatic nitrogens is 2. The summed E-state index contributed by atoms with van der Waals surface area (Å²) >= 11 is 0. The molecule has 0 fully saturated rings. The zero-order chi connectivity index (χ0) is 14.2. The smallest absolute Gasteiger partial charge is 0.397 e. The van der Waals surface area contributed by atoms with Gasteiger partial charge in [-0.05, 0) is 18.2 Å². The molecule has 0 saturated carbocycles. The maximum absolute atomic E-state index is 12.6. The number of alkyl halides is 3. The first-order chi connectivity index (χ1) is 8.79. The zero-order valence-corrected chi connectivity index (χ0v) is 9.57. The van der Waals surface area contributed by atoms with E-state index in [2.05, 4.69) is 9.97 Å². The molecule has 5 nitrogen and oxygen atoms in total. The molecule has 2 rings (SSSR count). The standard InChI is InChI=1S/C11H10F3N5/c12-11(13,14)8-3-5(1-2-18-8)7-4-6(15)9(16)10(17)19-7/h1-4H,16H2,(H4,15,17,19). The van der Waals surface area contributed by atoms with Crippen LogP contribution in [-0.2, 0) is 6.18 Å². The van der Waals surface area contributed by atoms with Crippen molar-refractivity contribution in [3.8, 4) is 11.3 Å². The van der Waals surface area contributed by atoms with E-state index in [4.69, 9.17) is 17.2 Å². The number of hydrogen-bond acceptors (Lipinski definition) is 5. The fraction of sp³-hybridized carbons (Fsp3) is 0.0909. The Morgan fingerprint density at radius 1 is 1.05 bits per heavy atom. The van der Waals surface area contributed by atoms with E-state index in [1.165, 1.54) is 12.1 Å². The number of halogens is 3. The third kappa shape index (κ3) is 2.51. The molecule has 8 heteroatoms. The molecule has 0 atom stereocenters. The lowest BCUT2D eigenvalue weighted by Crippen LogP contribution is -2.08. The van der Waals surface area contributed by atoms with Gasteiger partial charge in [0.15, 0.2) is 0 Å². The lowest BCUT2D eigenvalue weighted by molar-refractivity contribution is -0.141. The maximum atomic E-state index is 12.6. The van der Waals surface area contributed by atoms with Crippen LogP contribution in [0.4, 0.5) is 30.4 Å². The van der Waals surface area contributed by atoms with Gasteiger partial charge in [0.25, 0.3) is 0 Å². The van der Waals surface area contributed by atoms with Crippen LogP contribution >= 0.6 is 0 Å². The SMILES string of the molecule is Nc1cc(-c2ccnc(C(F)(F)F)c2)nc(N)c1N. The summed E-state index contributed by atoms with van der Waals surface area (Å²) in [5, 5.41) is 0. The molecule has 0 unspecified atom stereocenters. The van der Waals surface area contributed by atoms with Crippen molar-refractivity contribution < 1.29 is 13.2 Å². The predicted molar refractivity (Wildman–Crippen MR) is 65.7 cm³/mol. The first-order valence-corrected chi connectivity index (χ1v) is 5.14. The van der Waals surface area contributed by atoms with Crippen LogP contribution in [0, 0.1) is 0 Å². The van der Waals surface area contributed by atoms with Crippen LogP contribution in [0.1, 0.15) is 5.69 Å². The van der Waals surface area contributed by atoms with Crippen molar-refractivity contribution >= 4 is 17.2 Å². The topological polar surface area (TPSA) is 104 Å². The predicted octanol–water partition coefficient (Wildman–Crippen LogP) is 1.91. The van der Waals surface area contributed by atoms with Gasteiger partial charge in [-0.2, -0.15) is 13.2 Å². The molecule has 100 valence electrons. The second-order valence-corrected chi connectivity index (χ2v) is 3.82. The molecule has 2 aromatic rings. The Bertz CT molecular complexity index is 601. The maximum Gasteiger partial charge on any atom is 0.433 e. The van der Waals surface area contributed by atoms with Gasteiger partial charge in [-0.3, -0.25) is 4.98 Å².